The van der Waals surface area contributed by atoms with Gasteiger partial charge in [0.1, 0.15) is 11.9 Å². The second-order valence-electron chi connectivity index (χ2n) is 5.19. The van der Waals surface area contributed by atoms with Gasteiger partial charge in [-0.15, -0.1) is 0 Å². The maximum atomic E-state index is 13.4. The van der Waals surface area contributed by atoms with Crippen LogP contribution in [0.5, 0.6) is 0 Å². The number of hydrogen-bond acceptors (Lipinski definition) is 3. The number of hydrogen-bond donors (Lipinski definition) is 0. The minimum absolute atomic E-state index is 0.0320. The molecule has 1 saturated heterocycles. The summed E-state index contributed by atoms with van der Waals surface area (Å²) in [5.74, 6) is -4.47. The summed E-state index contributed by atoms with van der Waals surface area (Å²) < 4.78 is 31.9. The molecule has 17 heavy (non-hydrogen) atoms. The molecule has 98 valence electrons. The highest BCUT2D eigenvalue weighted by Crippen LogP contribution is 2.32. The number of carbonyl (C=O) groups excluding carboxylic acids is 2. The number of aldehydes is 1. The zero-order chi connectivity index (χ0) is 13.3. The van der Waals surface area contributed by atoms with E-state index >= 15 is 0 Å². The van der Waals surface area contributed by atoms with Crippen molar-refractivity contribution < 1.29 is 23.1 Å². The zero-order valence-corrected chi connectivity index (χ0v) is 10.2. The average Bonchev–Trinajstić information content (AvgIpc) is 2.13. The van der Waals surface area contributed by atoms with E-state index in [-0.39, 0.29) is 19.3 Å². The summed E-state index contributed by atoms with van der Waals surface area (Å²) in [6.45, 7) is 4.36. The molecule has 0 unspecified atom stereocenters. The molecule has 0 aromatic carbocycles. The molecule has 1 aliphatic rings. The second kappa shape index (κ2) is 4.58. The Morgan fingerprint density at radius 1 is 1.47 bits per heavy atom. The number of carbonyl (C=O) groups is 2. The van der Waals surface area contributed by atoms with Crippen LogP contribution in [0, 0.1) is 5.92 Å². The zero-order valence-electron chi connectivity index (χ0n) is 10.2. The van der Waals surface area contributed by atoms with E-state index in [1.807, 2.05) is 0 Å². The summed E-state index contributed by atoms with van der Waals surface area (Å²) in [6.07, 6.45) is -0.538. The smallest absolute Gasteiger partial charge is 0.410 e. The van der Waals surface area contributed by atoms with Gasteiger partial charge in [0.2, 0.25) is 0 Å². The molecular formula is C11H17F2NO3. The summed E-state index contributed by atoms with van der Waals surface area (Å²) in [6, 6.07) is 0. The number of halogens is 2. The van der Waals surface area contributed by atoms with E-state index < -0.39 is 30.1 Å². The van der Waals surface area contributed by atoms with Crippen molar-refractivity contribution in [1.29, 1.82) is 0 Å². The minimum atomic E-state index is -3.17. The molecule has 4 nitrogen and oxygen atoms in total. The lowest BCUT2D eigenvalue weighted by Crippen LogP contribution is -2.52. The first-order valence-electron chi connectivity index (χ1n) is 5.47. The molecule has 0 aromatic heterocycles. The molecule has 1 aliphatic heterocycles. The van der Waals surface area contributed by atoms with Gasteiger partial charge < -0.3 is 14.4 Å². The molecule has 0 spiro atoms. The van der Waals surface area contributed by atoms with Crippen LogP contribution >= 0.6 is 0 Å². The maximum absolute atomic E-state index is 13.4. The largest absolute Gasteiger partial charge is 0.444 e. The normalized spacial score (nSPS) is 24.3. The van der Waals surface area contributed by atoms with Gasteiger partial charge in [-0.3, -0.25) is 0 Å². The molecule has 0 saturated carbocycles. The van der Waals surface area contributed by atoms with Gasteiger partial charge in [0.05, 0.1) is 12.5 Å². The van der Waals surface area contributed by atoms with E-state index in [9.17, 15) is 18.4 Å². The van der Waals surface area contributed by atoms with Gasteiger partial charge >= 0.3 is 6.09 Å². The molecule has 0 bridgehead atoms. The van der Waals surface area contributed by atoms with Crippen molar-refractivity contribution in [3.63, 3.8) is 0 Å². The molecule has 0 aromatic rings. The summed E-state index contributed by atoms with van der Waals surface area (Å²) in [7, 11) is 0. The average molecular weight is 249 g/mol. The molecule has 1 amide bonds. The summed E-state index contributed by atoms with van der Waals surface area (Å²) in [5.41, 5.74) is -0.714. The van der Waals surface area contributed by atoms with E-state index in [1.165, 1.54) is 0 Å². The Balaban J connectivity index is 2.65. The molecule has 1 rings (SSSR count). The fourth-order valence-electron chi connectivity index (χ4n) is 1.61. The number of alkyl halides is 2. The van der Waals surface area contributed by atoms with Crippen molar-refractivity contribution in [2.24, 2.45) is 5.92 Å². The van der Waals surface area contributed by atoms with Crippen LogP contribution in [0.3, 0.4) is 0 Å². The van der Waals surface area contributed by atoms with Crippen LogP contribution in [-0.4, -0.2) is 41.9 Å². The Labute approximate surface area is 98.9 Å². The number of nitrogens with zero attached hydrogens (tertiary/aromatic N) is 1. The quantitative estimate of drug-likeness (QED) is 0.668. The number of ether oxygens (including phenoxy) is 1. The lowest BCUT2D eigenvalue weighted by molar-refractivity contribution is -0.137. The molecule has 1 atom stereocenters. The molecule has 0 N–H and O–H groups in total. The minimum Gasteiger partial charge on any atom is -0.444 e. The number of rotatable bonds is 1. The summed E-state index contributed by atoms with van der Waals surface area (Å²) in [4.78, 5) is 23.0. The summed E-state index contributed by atoms with van der Waals surface area (Å²) >= 11 is 0. The lowest BCUT2D eigenvalue weighted by atomic mass is 9.95. The highest BCUT2D eigenvalue weighted by atomic mass is 19.3. The first kappa shape index (κ1) is 13.9. The predicted molar refractivity (Wildman–Crippen MR) is 56.9 cm³/mol. The molecule has 1 heterocycles. The molecule has 0 aliphatic carbocycles. The SMILES string of the molecule is CC(C)(C)OC(=O)N1CC[C@H](C=O)C(F)(F)C1. The standard InChI is InChI=1S/C11H17F2NO3/c1-10(2,3)17-9(16)14-5-4-8(6-15)11(12,13)7-14/h6,8H,4-5,7H2,1-3H3/t8-/m1/s1. The van der Waals surface area contributed by atoms with Crippen LogP contribution < -0.4 is 0 Å². The van der Waals surface area contributed by atoms with E-state index in [1.54, 1.807) is 20.8 Å². The Hall–Kier alpha value is -1.20. The van der Waals surface area contributed by atoms with Crippen molar-refractivity contribution >= 4 is 12.4 Å². The van der Waals surface area contributed by atoms with Gasteiger partial charge in [0.15, 0.2) is 0 Å². The van der Waals surface area contributed by atoms with E-state index in [0.29, 0.717) is 0 Å². The maximum Gasteiger partial charge on any atom is 0.410 e. The van der Waals surface area contributed by atoms with Gasteiger partial charge in [-0.1, -0.05) is 0 Å². The summed E-state index contributed by atoms with van der Waals surface area (Å²) in [5, 5.41) is 0. The van der Waals surface area contributed by atoms with Crippen LogP contribution in [0.25, 0.3) is 0 Å². The Morgan fingerprint density at radius 2 is 2.06 bits per heavy atom. The third kappa shape index (κ3) is 3.64. The topological polar surface area (TPSA) is 46.6 Å². The van der Waals surface area contributed by atoms with Crippen LogP contribution in [0.15, 0.2) is 0 Å². The van der Waals surface area contributed by atoms with Gasteiger partial charge in [0.25, 0.3) is 5.92 Å². The fourth-order valence-corrected chi connectivity index (χ4v) is 1.61. The second-order valence-corrected chi connectivity index (χ2v) is 5.19. The van der Waals surface area contributed by atoms with Gasteiger partial charge in [-0.05, 0) is 27.2 Å². The lowest BCUT2D eigenvalue weighted by Gasteiger charge is -2.36. The third-order valence-corrected chi connectivity index (χ3v) is 2.47. The number of likely N-dealkylation sites (tertiary alicyclic amines) is 1. The molecule has 1 fully saturated rings. The van der Waals surface area contributed by atoms with Crippen molar-refractivity contribution in [3.8, 4) is 0 Å². The fraction of sp³-hybridized carbons (Fsp3) is 0.818. The van der Waals surface area contributed by atoms with Crippen molar-refractivity contribution in [2.45, 2.75) is 38.7 Å². The molecular weight excluding hydrogens is 232 g/mol. The number of amides is 1. The first-order chi connectivity index (χ1) is 7.65. The van der Waals surface area contributed by atoms with Crippen LogP contribution in [0.1, 0.15) is 27.2 Å². The van der Waals surface area contributed by atoms with Crippen LogP contribution in [0.2, 0.25) is 0 Å². The van der Waals surface area contributed by atoms with Crippen molar-refractivity contribution in [2.75, 3.05) is 13.1 Å². The Morgan fingerprint density at radius 3 is 2.47 bits per heavy atom. The van der Waals surface area contributed by atoms with E-state index in [2.05, 4.69) is 0 Å². The van der Waals surface area contributed by atoms with E-state index in [0.717, 1.165) is 4.90 Å². The van der Waals surface area contributed by atoms with Crippen LogP contribution in [0.4, 0.5) is 13.6 Å². The van der Waals surface area contributed by atoms with Crippen molar-refractivity contribution in [1.82, 2.24) is 4.90 Å². The molecule has 0 radical (unpaired) electrons. The first-order valence-corrected chi connectivity index (χ1v) is 5.47. The predicted octanol–water partition coefficient (Wildman–Crippen LogP) is 2.08. The van der Waals surface area contributed by atoms with Gasteiger partial charge in [0, 0.05) is 6.54 Å². The Kier molecular flexibility index (Phi) is 3.74. The van der Waals surface area contributed by atoms with Crippen molar-refractivity contribution in [3.05, 3.63) is 0 Å². The highest BCUT2D eigenvalue weighted by Gasteiger charge is 2.46. The van der Waals surface area contributed by atoms with Gasteiger partial charge in [-0.2, -0.15) is 0 Å². The highest BCUT2D eigenvalue weighted by molar-refractivity contribution is 5.69. The number of piperidine rings is 1. The monoisotopic (exact) mass is 249 g/mol. The molecule has 6 heteroatoms. The van der Waals surface area contributed by atoms with Crippen LogP contribution in [-0.2, 0) is 9.53 Å². The van der Waals surface area contributed by atoms with E-state index in [4.69, 9.17) is 4.74 Å². The van der Waals surface area contributed by atoms with Gasteiger partial charge in [-0.25, -0.2) is 13.6 Å². The third-order valence-electron chi connectivity index (χ3n) is 2.47. The Bertz CT molecular complexity index is 312.